The summed E-state index contributed by atoms with van der Waals surface area (Å²) in [5, 5.41) is 1.41. The van der Waals surface area contributed by atoms with Gasteiger partial charge in [-0.05, 0) is 11.4 Å². The largest absolute Gasteiger partial charge is 0.425 e. The summed E-state index contributed by atoms with van der Waals surface area (Å²) < 4.78 is 34.9. The molecule has 0 bridgehead atoms. The molecule has 0 unspecified atom stereocenters. The molecule has 0 amide bonds. The van der Waals surface area contributed by atoms with Crippen molar-refractivity contribution in [3.63, 3.8) is 0 Å². The van der Waals surface area contributed by atoms with Crippen LogP contribution >= 0.6 is 11.3 Å². The standard InChI is InChI=1S/C5H3F3S.CO2/c6-5(7,8)4-2-1-3-9-4;2-1-3/h1-3H;. The van der Waals surface area contributed by atoms with E-state index in [1.54, 1.807) is 0 Å². The fourth-order valence-corrected chi connectivity index (χ4v) is 1.03. The van der Waals surface area contributed by atoms with Crippen molar-refractivity contribution in [3.8, 4) is 0 Å². The van der Waals surface area contributed by atoms with E-state index < -0.39 is 11.1 Å². The van der Waals surface area contributed by atoms with Crippen LogP contribution in [0.25, 0.3) is 0 Å². The lowest BCUT2D eigenvalue weighted by Crippen LogP contribution is -2.00. The highest BCUT2D eigenvalue weighted by Crippen LogP contribution is 2.32. The maximum absolute atomic E-state index is 11.6. The summed E-state index contributed by atoms with van der Waals surface area (Å²) in [6.45, 7) is 0. The Morgan fingerprint density at radius 2 is 1.83 bits per heavy atom. The Balaban J connectivity index is 0.000000354. The van der Waals surface area contributed by atoms with Crippen LogP contribution in [0.4, 0.5) is 13.2 Å². The van der Waals surface area contributed by atoms with E-state index in [-0.39, 0.29) is 6.15 Å². The van der Waals surface area contributed by atoms with Crippen molar-refractivity contribution in [2.24, 2.45) is 0 Å². The summed E-state index contributed by atoms with van der Waals surface area (Å²) in [7, 11) is 0. The minimum Gasteiger partial charge on any atom is -0.186 e. The molecule has 1 aromatic rings. The van der Waals surface area contributed by atoms with E-state index in [0.717, 1.165) is 6.07 Å². The zero-order chi connectivity index (χ0) is 9.61. The van der Waals surface area contributed by atoms with Crippen molar-refractivity contribution in [3.05, 3.63) is 22.4 Å². The lowest BCUT2D eigenvalue weighted by Gasteiger charge is -1.99. The van der Waals surface area contributed by atoms with Crippen molar-refractivity contribution < 1.29 is 22.8 Å². The minimum absolute atomic E-state index is 0.250. The third-order valence-corrected chi connectivity index (χ3v) is 1.72. The second-order valence-electron chi connectivity index (χ2n) is 1.56. The minimum atomic E-state index is -4.16. The Labute approximate surface area is 69.6 Å². The van der Waals surface area contributed by atoms with E-state index in [4.69, 9.17) is 9.59 Å². The molecule has 0 saturated heterocycles. The molecule has 0 saturated carbocycles. The SMILES string of the molecule is FC(F)(F)c1cccs1.O=C=O. The Hall–Kier alpha value is -1.13. The summed E-state index contributed by atoms with van der Waals surface area (Å²) in [5.41, 5.74) is 0. The number of hydrogen-bond donors (Lipinski definition) is 0. The van der Waals surface area contributed by atoms with Crippen LogP contribution in [-0.2, 0) is 15.8 Å². The lowest BCUT2D eigenvalue weighted by atomic mass is 10.5. The van der Waals surface area contributed by atoms with Crippen LogP contribution in [0.2, 0.25) is 0 Å². The highest BCUT2D eigenvalue weighted by Gasteiger charge is 2.31. The topological polar surface area (TPSA) is 34.1 Å². The maximum Gasteiger partial charge on any atom is 0.425 e. The molecule has 1 heterocycles. The summed E-state index contributed by atoms with van der Waals surface area (Å²) in [6, 6.07) is 2.44. The predicted molar refractivity (Wildman–Crippen MR) is 34.3 cm³/mol. The van der Waals surface area contributed by atoms with E-state index in [0.29, 0.717) is 11.3 Å². The maximum atomic E-state index is 11.6. The van der Waals surface area contributed by atoms with Gasteiger partial charge in [0.05, 0.1) is 0 Å². The van der Waals surface area contributed by atoms with Crippen molar-refractivity contribution in [1.82, 2.24) is 0 Å². The van der Waals surface area contributed by atoms with Crippen molar-refractivity contribution >= 4 is 17.5 Å². The van der Waals surface area contributed by atoms with Gasteiger partial charge in [0.15, 0.2) is 0 Å². The smallest absolute Gasteiger partial charge is 0.186 e. The fraction of sp³-hybridized carbons (Fsp3) is 0.167. The third-order valence-electron chi connectivity index (χ3n) is 0.801. The fourth-order valence-electron chi connectivity index (χ4n) is 0.440. The number of halogens is 3. The molecule has 0 aliphatic rings. The quantitative estimate of drug-likeness (QED) is 0.637. The lowest BCUT2D eigenvalue weighted by molar-refractivity contribution is -0.191. The predicted octanol–water partition coefficient (Wildman–Crippen LogP) is 2.18. The first kappa shape index (κ1) is 10.9. The van der Waals surface area contributed by atoms with Gasteiger partial charge in [-0.25, -0.2) is 0 Å². The Kier molecular flexibility index (Phi) is 4.25. The van der Waals surface area contributed by atoms with Crippen LogP contribution in [-0.4, -0.2) is 6.15 Å². The summed E-state index contributed by atoms with van der Waals surface area (Å²) in [6.07, 6.45) is -3.91. The first-order valence-electron chi connectivity index (χ1n) is 2.62. The van der Waals surface area contributed by atoms with Gasteiger partial charge in [0.1, 0.15) is 4.88 Å². The molecule has 1 aromatic heterocycles. The molecular weight excluding hydrogens is 193 g/mol. The molecule has 12 heavy (non-hydrogen) atoms. The second kappa shape index (κ2) is 4.69. The average molecular weight is 196 g/mol. The molecule has 6 heteroatoms. The van der Waals surface area contributed by atoms with E-state index >= 15 is 0 Å². The molecule has 0 aromatic carbocycles. The van der Waals surface area contributed by atoms with Gasteiger partial charge in [0.2, 0.25) is 0 Å². The molecule has 0 fully saturated rings. The summed E-state index contributed by atoms with van der Waals surface area (Å²) in [4.78, 5) is 15.7. The van der Waals surface area contributed by atoms with Gasteiger partial charge >= 0.3 is 12.3 Å². The second-order valence-corrected chi connectivity index (χ2v) is 2.51. The molecule has 0 aliphatic carbocycles. The van der Waals surface area contributed by atoms with Crippen molar-refractivity contribution in [2.45, 2.75) is 6.18 Å². The Morgan fingerprint density at radius 1 is 1.33 bits per heavy atom. The highest BCUT2D eigenvalue weighted by atomic mass is 32.1. The van der Waals surface area contributed by atoms with Crippen LogP contribution in [0, 0.1) is 0 Å². The molecule has 0 aliphatic heterocycles. The normalized spacial score (nSPS) is 9.58. The third kappa shape index (κ3) is 3.90. The zero-order valence-electron chi connectivity index (χ0n) is 5.59. The van der Waals surface area contributed by atoms with Crippen molar-refractivity contribution in [2.75, 3.05) is 0 Å². The van der Waals surface area contributed by atoms with Gasteiger partial charge in [-0.15, -0.1) is 11.3 Å². The van der Waals surface area contributed by atoms with Crippen LogP contribution in [0.3, 0.4) is 0 Å². The van der Waals surface area contributed by atoms with E-state index in [9.17, 15) is 13.2 Å². The van der Waals surface area contributed by atoms with Gasteiger partial charge in [0.25, 0.3) is 0 Å². The zero-order valence-corrected chi connectivity index (χ0v) is 6.41. The van der Waals surface area contributed by atoms with E-state index in [2.05, 4.69) is 0 Å². The summed E-state index contributed by atoms with van der Waals surface area (Å²) >= 11 is 0.705. The Morgan fingerprint density at radius 3 is 2.00 bits per heavy atom. The molecule has 66 valence electrons. The van der Waals surface area contributed by atoms with Gasteiger partial charge in [-0.2, -0.15) is 22.8 Å². The monoisotopic (exact) mass is 196 g/mol. The first-order chi connectivity index (χ1) is 5.52. The van der Waals surface area contributed by atoms with Crippen LogP contribution in [0.15, 0.2) is 17.5 Å². The molecular formula is C6H3F3O2S. The van der Waals surface area contributed by atoms with Crippen LogP contribution in [0.5, 0.6) is 0 Å². The van der Waals surface area contributed by atoms with Crippen LogP contribution < -0.4 is 0 Å². The molecule has 2 nitrogen and oxygen atoms in total. The van der Waals surface area contributed by atoms with Crippen LogP contribution in [0.1, 0.15) is 4.88 Å². The molecule has 0 radical (unpaired) electrons. The number of thiophene rings is 1. The molecule has 1 rings (SSSR count). The van der Waals surface area contributed by atoms with Gasteiger partial charge in [-0.3, -0.25) is 0 Å². The first-order valence-corrected chi connectivity index (χ1v) is 3.50. The van der Waals surface area contributed by atoms with Gasteiger partial charge in [-0.1, -0.05) is 6.07 Å². The van der Waals surface area contributed by atoms with E-state index in [1.807, 2.05) is 0 Å². The number of carbonyl (C=O) groups excluding carboxylic acids is 2. The average Bonchev–Trinajstić information content (AvgIpc) is 2.36. The van der Waals surface area contributed by atoms with E-state index in [1.165, 1.54) is 11.4 Å². The highest BCUT2D eigenvalue weighted by molar-refractivity contribution is 7.10. The Bertz CT molecular complexity index is 246. The number of hydrogen-bond acceptors (Lipinski definition) is 3. The summed E-state index contributed by atoms with van der Waals surface area (Å²) in [5.74, 6) is 0. The van der Waals surface area contributed by atoms with Gasteiger partial charge < -0.3 is 0 Å². The molecule has 0 spiro atoms. The molecule has 0 atom stereocenters. The van der Waals surface area contributed by atoms with Crippen molar-refractivity contribution in [1.29, 1.82) is 0 Å². The number of rotatable bonds is 0. The number of alkyl halides is 3. The van der Waals surface area contributed by atoms with Gasteiger partial charge in [0, 0.05) is 0 Å². The molecule has 0 N–H and O–H groups in total.